The number of nitrogens with one attached hydrogen (secondary N) is 1. The molecule has 0 atom stereocenters. The van der Waals surface area contributed by atoms with E-state index in [-0.39, 0.29) is 0 Å². The van der Waals surface area contributed by atoms with Crippen LogP contribution in [0.4, 0.5) is 0 Å². The Morgan fingerprint density at radius 1 is 1.33 bits per heavy atom. The molecule has 1 aromatic heterocycles. The van der Waals surface area contributed by atoms with Gasteiger partial charge in [0.1, 0.15) is 10.8 Å². The molecule has 2 aromatic rings. The van der Waals surface area contributed by atoms with Crippen molar-refractivity contribution in [3.8, 4) is 16.2 Å². The summed E-state index contributed by atoms with van der Waals surface area (Å²) in [6.45, 7) is 5.08. The van der Waals surface area contributed by atoms with Crippen LogP contribution in [0.25, 0.3) is 10.4 Å². The van der Waals surface area contributed by atoms with Crippen LogP contribution in [0, 0.1) is 0 Å². The summed E-state index contributed by atoms with van der Waals surface area (Å²) in [5.41, 5.74) is 1.10. The molecule has 4 heteroatoms. The number of hydrogen-bond acceptors (Lipinski definition) is 4. The minimum atomic E-state index is 0.476. The molecule has 0 aliphatic rings. The van der Waals surface area contributed by atoms with Crippen LogP contribution in [0.3, 0.4) is 0 Å². The van der Waals surface area contributed by atoms with Gasteiger partial charge in [-0.25, -0.2) is 4.98 Å². The van der Waals surface area contributed by atoms with Crippen LogP contribution in [0.2, 0.25) is 0 Å². The van der Waals surface area contributed by atoms with Gasteiger partial charge < -0.3 is 10.1 Å². The highest BCUT2D eigenvalue weighted by Crippen LogP contribution is 2.33. The fourth-order valence-corrected chi connectivity index (χ4v) is 2.55. The summed E-state index contributed by atoms with van der Waals surface area (Å²) in [5, 5.41) is 4.47. The fraction of sp³-hybridized carbons (Fsp3) is 0.357. The zero-order chi connectivity index (χ0) is 13.0. The average Bonchev–Trinajstić information content (AvgIpc) is 2.85. The molecule has 3 nitrogen and oxygen atoms in total. The molecule has 0 spiro atoms. The van der Waals surface area contributed by atoms with Crippen molar-refractivity contribution in [2.24, 2.45) is 0 Å². The number of methoxy groups -OCH3 is 1. The van der Waals surface area contributed by atoms with Gasteiger partial charge in [0.2, 0.25) is 0 Å². The van der Waals surface area contributed by atoms with Gasteiger partial charge in [-0.1, -0.05) is 26.0 Å². The molecule has 1 heterocycles. The summed E-state index contributed by atoms with van der Waals surface area (Å²) in [6.07, 6.45) is 1.92. The largest absolute Gasteiger partial charge is 0.496 e. The van der Waals surface area contributed by atoms with E-state index in [2.05, 4.69) is 30.2 Å². The number of para-hydroxylation sites is 1. The maximum absolute atomic E-state index is 5.37. The Morgan fingerprint density at radius 3 is 2.83 bits per heavy atom. The summed E-state index contributed by atoms with van der Waals surface area (Å²) in [7, 11) is 1.70. The van der Waals surface area contributed by atoms with Crippen LogP contribution in [-0.4, -0.2) is 18.1 Å². The molecule has 0 fully saturated rings. The standard InChI is InChI=1S/C14H18N2OS/c1-10(2)15-9-14-16-8-13(18-14)11-6-4-5-7-12(11)17-3/h4-8,10,15H,9H2,1-3H3. The average molecular weight is 262 g/mol. The van der Waals surface area contributed by atoms with Crippen molar-refractivity contribution in [2.45, 2.75) is 26.4 Å². The number of hydrogen-bond donors (Lipinski definition) is 1. The summed E-state index contributed by atoms with van der Waals surface area (Å²) in [6, 6.07) is 8.50. The third-order valence-corrected chi connectivity index (χ3v) is 3.62. The highest BCUT2D eigenvalue weighted by molar-refractivity contribution is 7.15. The molecular weight excluding hydrogens is 244 g/mol. The first-order chi connectivity index (χ1) is 8.70. The molecule has 18 heavy (non-hydrogen) atoms. The smallest absolute Gasteiger partial charge is 0.127 e. The number of nitrogens with zero attached hydrogens (tertiary/aromatic N) is 1. The number of benzene rings is 1. The monoisotopic (exact) mass is 262 g/mol. The Bertz CT molecular complexity index is 508. The Hall–Kier alpha value is -1.39. The molecule has 2 rings (SSSR count). The maximum Gasteiger partial charge on any atom is 0.127 e. The second kappa shape index (κ2) is 5.98. The van der Waals surface area contributed by atoms with Crippen molar-refractivity contribution in [1.82, 2.24) is 10.3 Å². The highest BCUT2D eigenvalue weighted by atomic mass is 32.1. The van der Waals surface area contributed by atoms with E-state index >= 15 is 0 Å². The van der Waals surface area contributed by atoms with Crippen LogP contribution < -0.4 is 10.1 Å². The van der Waals surface area contributed by atoms with E-state index in [0.29, 0.717) is 6.04 Å². The van der Waals surface area contributed by atoms with Crippen molar-refractivity contribution in [3.05, 3.63) is 35.5 Å². The molecular formula is C14H18N2OS. The lowest BCUT2D eigenvalue weighted by molar-refractivity contribution is 0.416. The first-order valence-corrected chi connectivity index (χ1v) is 6.84. The molecule has 0 radical (unpaired) electrons. The number of aromatic nitrogens is 1. The molecule has 0 unspecified atom stereocenters. The first-order valence-electron chi connectivity index (χ1n) is 6.02. The number of ether oxygens (including phenoxy) is 1. The van der Waals surface area contributed by atoms with E-state index in [1.165, 1.54) is 0 Å². The number of rotatable bonds is 5. The van der Waals surface area contributed by atoms with Crippen LogP contribution in [0.5, 0.6) is 5.75 Å². The summed E-state index contributed by atoms with van der Waals surface area (Å²) >= 11 is 1.70. The van der Waals surface area contributed by atoms with Gasteiger partial charge in [-0.15, -0.1) is 11.3 Å². The van der Waals surface area contributed by atoms with Crippen LogP contribution in [0.15, 0.2) is 30.5 Å². The molecule has 1 aromatic carbocycles. The second-order valence-electron chi connectivity index (χ2n) is 4.35. The summed E-state index contributed by atoms with van der Waals surface area (Å²) < 4.78 is 5.37. The van der Waals surface area contributed by atoms with Crippen LogP contribution in [0.1, 0.15) is 18.9 Å². The van der Waals surface area contributed by atoms with Gasteiger partial charge in [0.15, 0.2) is 0 Å². The van der Waals surface area contributed by atoms with Gasteiger partial charge in [-0.05, 0) is 12.1 Å². The van der Waals surface area contributed by atoms with Crippen molar-refractivity contribution >= 4 is 11.3 Å². The molecule has 0 saturated heterocycles. The maximum atomic E-state index is 5.37. The van der Waals surface area contributed by atoms with E-state index in [9.17, 15) is 0 Å². The van der Waals surface area contributed by atoms with Gasteiger partial charge in [0.05, 0.1) is 12.0 Å². The lowest BCUT2D eigenvalue weighted by Crippen LogP contribution is -2.21. The fourth-order valence-electron chi connectivity index (χ4n) is 1.66. The van der Waals surface area contributed by atoms with Crippen molar-refractivity contribution in [3.63, 3.8) is 0 Å². The Kier molecular flexibility index (Phi) is 4.33. The predicted molar refractivity (Wildman–Crippen MR) is 76.1 cm³/mol. The van der Waals surface area contributed by atoms with E-state index in [4.69, 9.17) is 4.74 Å². The van der Waals surface area contributed by atoms with E-state index in [1.807, 2.05) is 24.4 Å². The van der Waals surface area contributed by atoms with Gasteiger partial charge >= 0.3 is 0 Å². The minimum absolute atomic E-state index is 0.476. The molecule has 96 valence electrons. The van der Waals surface area contributed by atoms with Crippen molar-refractivity contribution in [1.29, 1.82) is 0 Å². The van der Waals surface area contributed by atoms with Gasteiger partial charge in [0, 0.05) is 24.3 Å². The Balaban J connectivity index is 2.18. The molecule has 0 amide bonds. The predicted octanol–water partition coefficient (Wildman–Crippen LogP) is 3.32. The quantitative estimate of drug-likeness (QED) is 0.897. The highest BCUT2D eigenvalue weighted by Gasteiger charge is 2.09. The Labute approximate surface area is 112 Å². The molecule has 0 saturated carbocycles. The molecule has 1 N–H and O–H groups in total. The van der Waals surface area contributed by atoms with Gasteiger partial charge in [-0.2, -0.15) is 0 Å². The molecule has 0 bridgehead atoms. The van der Waals surface area contributed by atoms with Crippen LogP contribution >= 0.6 is 11.3 Å². The zero-order valence-electron chi connectivity index (χ0n) is 10.9. The minimum Gasteiger partial charge on any atom is -0.496 e. The third kappa shape index (κ3) is 3.09. The number of thiazole rings is 1. The van der Waals surface area contributed by atoms with Gasteiger partial charge in [0.25, 0.3) is 0 Å². The van der Waals surface area contributed by atoms with E-state index < -0.39 is 0 Å². The summed E-state index contributed by atoms with van der Waals surface area (Å²) in [4.78, 5) is 5.59. The first kappa shape index (κ1) is 13.1. The van der Waals surface area contributed by atoms with E-state index in [0.717, 1.165) is 27.7 Å². The topological polar surface area (TPSA) is 34.1 Å². The molecule has 0 aliphatic heterocycles. The third-order valence-electron chi connectivity index (χ3n) is 2.59. The lowest BCUT2D eigenvalue weighted by atomic mass is 10.2. The lowest BCUT2D eigenvalue weighted by Gasteiger charge is -2.05. The second-order valence-corrected chi connectivity index (χ2v) is 5.47. The zero-order valence-corrected chi connectivity index (χ0v) is 11.8. The van der Waals surface area contributed by atoms with Crippen LogP contribution in [-0.2, 0) is 6.54 Å². The van der Waals surface area contributed by atoms with Crippen molar-refractivity contribution < 1.29 is 4.74 Å². The normalized spacial score (nSPS) is 10.9. The summed E-state index contributed by atoms with van der Waals surface area (Å²) in [5.74, 6) is 0.893. The van der Waals surface area contributed by atoms with E-state index in [1.54, 1.807) is 18.4 Å². The van der Waals surface area contributed by atoms with Gasteiger partial charge in [-0.3, -0.25) is 0 Å². The SMILES string of the molecule is COc1ccccc1-c1cnc(CNC(C)C)s1. The molecule has 0 aliphatic carbocycles. The van der Waals surface area contributed by atoms with Crippen molar-refractivity contribution in [2.75, 3.05) is 7.11 Å². The Morgan fingerprint density at radius 2 is 2.11 bits per heavy atom.